The van der Waals surface area contributed by atoms with Gasteiger partial charge in [0, 0.05) is 12.4 Å². The summed E-state index contributed by atoms with van der Waals surface area (Å²) in [5, 5.41) is 9.41. The maximum atomic E-state index is 13.1. The highest BCUT2D eigenvalue weighted by Gasteiger charge is 2.18. The third kappa shape index (κ3) is 3.11. The van der Waals surface area contributed by atoms with Gasteiger partial charge in [0.1, 0.15) is 15.5 Å². The number of thiophene rings is 1. The van der Waals surface area contributed by atoms with Crippen LogP contribution >= 0.6 is 11.3 Å². The smallest absolute Gasteiger partial charge is 0.353 e. The molecule has 4 rings (SSSR count). The van der Waals surface area contributed by atoms with Crippen LogP contribution in [0.15, 0.2) is 42.7 Å². The van der Waals surface area contributed by atoms with E-state index in [1.165, 1.54) is 29.7 Å². The molecule has 0 unspecified atom stereocenters. The lowest BCUT2D eigenvalue weighted by atomic mass is 10.2. The van der Waals surface area contributed by atoms with Gasteiger partial charge in [-0.1, -0.05) is 12.1 Å². The Balaban J connectivity index is 1.62. The Hall–Kier alpha value is -3.00. The van der Waals surface area contributed by atoms with E-state index in [0.717, 1.165) is 21.5 Å². The van der Waals surface area contributed by atoms with Crippen LogP contribution in [-0.2, 0) is 13.6 Å². The third-order valence-electron chi connectivity index (χ3n) is 3.95. The summed E-state index contributed by atoms with van der Waals surface area (Å²) in [7, 11) is 1.75. The first-order chi connectivity index (χ1) is 12.5. The Morgan fingerprint density at radius 2 is 2.08 bits per heavy atom. The van der Waals surface area contributed by atoms with Gasteiger partial charge in [0.25, 0.3) is 0 Å². The van der Waals surface area contributed by atoms with Gasteiger partial charge in [-0.25, -0.2) is 9.18 Å². The molecule has 132 valence electrons. The zero-order valence-electron chi connectivity index (χ0n) is 14.1. The summed E-state index contributed by atoms with van der Waals surface area (Å²) in [6, 6.07) is 8.09. The summed E-state index contributed by atoms with van der Waals surface area (Å²) >= 11 is 1.33. The lowest BCUT2D eigenvalue weighted by molar-refractivity contribution is 0.0740. The summed E-state index contributed by atoms with van der Waals surface area (Å²) in [6.07, 6.45) is 3.12. The molecule has 0 aliphatic heterocycles. The molecule has 1 aromatic carbocycles. The Bertz CT molecular complexity index is 1090. The van der Waals surface area contributed by atoms with Crippen molar-refractivity contribution < 1.29 is 13.9 Å². The number of carbonyl (C=O) groups excluding carboxylic acids is 1. The minimum Gasteiger partial charge on any atom is -0.419 e. The van der Waals surface area contributed by atoms with Crippen LogP contribution in [0.3, 0.4) is 0 Å². The molecule has 26 heavy (non-hydrogen) atoms. The highest BCUT2D eigenvalue weighted by atomic mass is 32.1. The van der Waals surface area contributed by atoms with E-state index in [1.807, 2.05) is 11.6 Å². The zero-order valence-corrected chi connectivity index (χ0v) is 15.0. The fraction of sp³-hybridized carbons (Fsp3) is 0.167. The molecule has 0 N–H and O–H groups in total. The predicted octanol–water partition coefficient (Wildman–Crippen LogP) is 3.55. The Labute approximate surface area is 152 Å². The molecule has 0 aliphatic rings. The summed E-state index contributed by atoms with van der Waals surface area (Å²) in [4.78, 5) is 13.8. The first-order valence-electron chi connectivity index (χ1n) is 7.92. The van der Waals surface area contributed by atoms with Gasteiger partial charge in [0.2, 0.25) is 0 Å². The highest BCUT2D eigenvalue weighted by Crippen LogP contribution is 2.29. The van der Waals surface area contributed by atoms with Crippen molar-refractivity contribution in [1.82, 2.24) is 19.6 Å². The van der Waals surface area contributed by atoms with Gasteiger partial charge < -0.3 is 4.74 Å². The molecule has 0 atom stereocenters. The van der Waals surface area contributed by atoms with Crippen LogP contribution in [0.5, 0.6) is 5.75 Å². The number of hydrogen-bond acceptors (Lipinski definition) is 5. The molecule has 0 saturated heterocycles. The van der Waals surface area contributed by atoms with E-state index < -0.39 is 5.97 Å². The topological polar surface area (TPSA) is 61.9 Å². The van der Waals surface area contributed by atoms with Crippen molar-refractivity contribution in [2.45, 2.75) is 13.5 Å². The van der Waals surface area contributed by atoms with Crippen LogP contribution < -0.4 is 4.74 Å². The highest BCUT2D eigenvalue weighted by molar-refractivity contribution is 7.20. The number of aromatic nitrogens is 4. The number of carbonyl (C=O) groups is 1. The standard InChI is InChI=1S/C18H15FN4O2S/c1-11-15-7-16(18(24)25-14-8-20-22(2)10-14)26-17(15)23(21-11)9-12-3-5-13(19)6-4-12/h3-8,10H,9H2,1-2H3. The fourth-order valence-corrected chi connectivity index (χ4v) is 3.73. The largest absolute Gasteiger partial charge is 0.419 e. The molecule has 4 aromatic rings. The molecule has 0 saturated carbocycles. The monoisotopic (exact) mass is 370 g/mol. The number of nitrogens with zero attached hydrogens (tertiary/aromatic N) is 4. The van der Waals surface area contributed by atoms with Crippen molar-refractivity contribution in [3.63, 3.8) is 0 Å². The second-order valence-electron chi connectivity index (χ2n) is 5.94. The molecule has 6 nitrogen and oxygen atoms in total. The van der Waals surface area contributed by atoms with E-state index in [9.17, 15) is 9.18 Å². The quantitative estimate of drug-likeness (QED) is 0.516. The summed E-state index contributed by atoms with van der Waals surface area (Å²) in [6.45, 7) is 2.40. The lowest BCUT2D eigenvalue weighted by Gasteiger charge is -2.03. The third-order valence-corrected chi connectivity index (χ3v) is 5.07. The second kappa shape index (κ2) is 6.38. The van der Waals surface area contributed by atoms with Crippen molar-refractivity contribution in [2.24, 2.45) is 7.05 Å². The van der Waals surface area contributed by atoms with Crippen LogP contribution in [0.4, 0.5) is 4.39 Å². The first kappa shape index (κ1) is 16.5. The van der Waals surface area contributed by atoms with Crippen LogP contribution in [0.25, 0.3) is 10.2 Å². The zero-order chi connectivity index (χ0) is 18.3. The number of rotatable bonds is 4. The van der Waals surface area contributed by atoms with Crippen molar-refractivity contribution in [3.8, 4) is 5.75 Å². The van der Waals surface area contributed by atoms with Crippen LogP contribution in [0.1, 0.15) is 20.9 Å². The van der Waals surface area contributed by atoms with Gasteiger partial charge in [-0.15, -0.1) is 11.3 Å². The van der Waals surface area contributed by atoms with E-state index in [1.54, 1.807) is 36.1 Å². The van der Waals surface area contributed by atoms with Gasteiger partial charge >= 0.3 is 5.97 Å². The molecule has 0 amide bonds. The number of halogens is 1. The normalized spacial score (nSPS) is 11.2. The number of esters is 1. The molecule has 3 heterocycles. The Morgan fingerprint density at radius 1 is 1.31 bits per heavy atom. The summed E-state index contributed by atoms with van der Waals surface area (Å²) < 4.78 is 21.8. The van der Waals surface area contributed by atoms with E-state index >= 15 is 0 Å². The SMILES string of the molecule is Cc1nn(Cc2ccc(F)cc2)c2sc(C(=O)Oc3cnn(C)c3)cc12. The number of benzene rings is 1. The minimum atomic E-state index is -0.424. The molecular weight excluding hydrogens is 355 g/mol. The van der Waals surface area contributed by atoms with Gasteiger partial charge in [0.05, 0.1) is 24.6 Å². The lowest BCUT2D eigenvalue weighted by Crippen LogP contribution is -2.06. The van der Waals surface area contributed by atoms with Crippen LogP contribution in [0, 0.1) is 12.7 Å². The number of hydrogen-bond donors (Lipinski definition) is 0. The Kier molecular flexibility index (Phi) is 4.04. The van der Waals surface area contributed by atoms with E-state index in [4.69, 9.17) is 4.74 Å². The van der Waals surface area contributed by atoms with Crippen LogP contribution in [0.2, 0.25) is 0 Å². The fourth-order valence-electron chi connectivity index (χ4n) is 2.69. The predicted molar refractivity (Wildman–Crippen MR) is 96.0 cm³/mol. The molecule has 3 aromatic heterocycles. The summed E-state index contributed by atoms with van der Waals surface area (Å²) in [5.41, 5.74) is 1.77. The summed E-state index contributed by atoms with van der Waals surface area (Å²) in [5.74, 6) is -0.293. The Morgan fingerprint density at radius 3 is 2.77 bits per heavy atom. The van der Waals surface area contributed by atoms with Crippen molar-refractivity contribution >= 4 is 27.5 Å². The molecule has 0 spiro atoms. The van der Waals surface area contributed by atoms with Gasteiger partial charge in [0.15, 0.2) is 5.75 Å². The van der Waals surface area contributed by atoms with E-state index in [-0.39, 0.29) is 5.82 Å². The maximum absolute atomic E-state index is 13.1. The number of fused-ring (bicyclic) bond motifs is 1. The molecular formula is C18H15FN4O2S. The average Bonchev–Trinajstić information content (AvgIpc) is 3.28. The second-order valence-corrected chi connectivity index (χ2v) is 6.97. The number of aryl methyl sites for hydroxylation is 2. The van der Waals surface area contributed by atoms with E-state index in [2.05, 4.69) is 10.2 Å². The molecule has 8 heteroatoms. The molecule has 0 bridgehead atoms. The molecule has 0 fully saturated rings. The minimum absolute atomic E-state index is 0.271. The maximum Gasteiger partial charge on any atom is 0.353 e. The van der Waals surface area contributed by atoms with Crippen molar-refractivity contribution in [3.05, 3.63) is 64.7 Å². The van der Waals surface area contributed by atoms with Crippen molar-refractivity contribution in [2.75, 3.05) is 0 Å². The van der Waals surface area contributed by atoms with Gasteiger partial charge in [-0.3, -0.25) is 9.36 Å². The molecule has 0 aliphatic carbocycles. The average molecular weight is 370 g/mol. The first-order valence-corrected chi connectivity index (χ1v) is 8.73. The molecule has 0 radical (unpaired) electrons. The van der Waals surface area contributed by atoms with E-state index in [0.29, 0.717) is 17.2 Å². The van der Waals surface area contributed by atoms with Gasteiger partial charge in [-0.2, -0.15) is 10.2 Å². The number of ether oxygens (including phenoxy) is 1. The van der Waals surface area contributed by atoms with Gasteiger partial charge in [-0.05, 0) is 30.7 Å². The van der Waals surface area contributed by atoms with Crippen LogP contribution in [-0.4, -0.2) is 25.5 Å². The van der Waals surface area contributed by atoms with Crippen molar-refractivity contribution in [1.29, 1.82) is 0 Å².